The van der Waals surface area contributed by atoms with Crippen LogP contribution in [0.1, 0.15) is 29.8 Å². The summed E-state index contributed by atoms with van der Waals surface area (Å²) in [6.07, 6.45) is 0. The maximum atomic E-state index is 12.5. The lowest BCUT2D eigenvalue weighted by molar-refractivity contribution is 0.0771. The van der Waals surface area contributed by atoms with Gasteiger partial charge in [0.1, 0.15) is 0 Å². The summed E-state index contributed by atoms with van der Waals surface area (Å²) in [6, 6.07) is 1.82. The van der Waals surface area contributed by atoms with E-state index in [1.807, 2.05) is 26.8 Å². The highest BCUT2D eigenvalue weighted by molar-refractivity contribution is 9.10. The van der Waals surface area contributed by atoms with Crippen LogP contribution in [0.15, 0.2) is 10.5 Å². The SMILES string of the molecule is CCN(CC)C(=O)c1c(C)cc(OC)c(OC)c1Br. The number of ether oxygens (including phenoxy) is 2. The number of rotatable bonds is 5. The average Bonchev–Trinajstić information content (AvgIpc) is 2.39. The van der Waals surface area contributed by atoms with Gasteiger partial charge in [-0.25, -0.2) is 0 Å². The summed E-state index contributed by atoms with van der Waals surface area (Å²) < 4.78 is 11.2. The van der Waals surface area contributed by atoms with Gasteiger partial charge in [-0.3, -0.25) is 4.79 Å². The first kappa shape index (κ1) is 15.8. The molecule has 0 saturated heterocycles. The molecule has 106 valence electrons. The summed E-state index contributed by atoms with van der Waals surface area (Å²) in [4.78, 5) is 14.3. The van der Waals surface area contributed by atoms with Gasteiger partial charge in [0.15, 0.2) is 11.5 Å². The highest BCUT2D eigenvalue weighted by Gasteiger charge is 2.23. The number of amides is 1. The highest BCUT2D eigenvalue weighted by Crippen LogP contribution is 2.40. The third-order valence-corrected chi connectivity index (χ3v) is 3.83. The first-order valence-electron chi connectivity index (χ1n) is 6.22. The number of carbonyl (C=O) groups is 1. The Labute approximate surface area is 122 Å². The van der Waals surface area contributed by atoms with Crippen LogP contribution < -0.4 is 9.47 Å². The minimum Gasteiger partial charge on any atom is -0.493 e. The lowest BCUT2D eigenvalue weighted by atomic mass is 10.1. The third-order valence-electron chi connectivity index (χ3n) is 3.07. The van der Waals surface area contributed by atoms with E-state index in [0.717, 1.165) is 5.56 Å². The summed E-state index contributed by atoms with van der Waals surface area (Å²) in [6.45, 7) is 7.17. The Balaban J connectivity index is 3.40. The monoisotopic (exact) mass is 329 g/mol. The van der Waals surface area contributed by atoms with Gasteiger partial charge in [-0.05, 0) is 48.3 Å². The number of carbonyl (C=O) groups excluding carboxylic acids is 1. The fourth-order valence-electron chi connectivity index (χ4n) is 2.00. The summed E-state index contributed by atoms with van der Waals surface area (Å²) in [5.74, 6) is 1.15. The van der Waals surface area contributed by atoms with Gasteiger partial charge in [-0.2, -0.15) is 0 Å². The van der Waals surface area contributed by atoms with Crippen LogP contribution in [0.5, 0.6) is 11.5 Å². The highest BCUT2D eigenvalue weighted by atomic mass is 79.9. The molecule has 0 N–H and O–H groups in total. The van der Waals surface area contributed by atoms with Crippen LogP contribution in [0.25, 0.3) is 0 Å². The van der Waals surface area contributed by atoms with Gasteiger partial charge in [0.05, 0.1) is 24.3 Å². The molecule has 0 fully saturated rings. The first-order valence-corrected chi connectivity index (χ1v) is 7.01. The number of halogens is 1. The summed E-state index contributed by atoms with van der Waals surface area (Å²) in [7, 11) is 3.14. The van der Waals surface area contributed by atoms with Gasteiger partial charge in [0.2, 0.25) is 0 Å². The topological polar surface area (TPSA) is 38.8 Å². The van der Waals surface area contributed by atoms with Gasteiger partial charge in [-0.15, -0.1) is 0 Å². The molecule has 0 aliphatic carbocycles. The molecule has 1 amide bonds. The average molecular weight is 330 g/mol. The molecule has 0 aliphatic rings. The summed E-state index contributed by atoms with van der Waals surface area (Å²) >= 11 is 3.46. The fraction of sp³-hybridized carbons (Fsp3) is 0.500. The zero-order chi connectivity index (χ0) is 14.6. The number of methoxy groups -OCH3 is 2. The number of hydrogen-bond donors (Lipinski definition) is 0. The van der Waals surface area contributed by atoms with E-state index in [2.05, 4.69) is 15.9 Å². The standard InChI is InChI=1S/C14H20BrNO3/c1-6-16(7-2)14(17)11-9(3)8-10(18-4)13(19-5)12(11)15/h8H,6-7H2,1-5H3. The van der Waals surface area contributed by atoms with E-state index in [1.54, 1.807) is 19.1 Å². The smallest absolute Gasteiger partial charge is 0.255 e. The van der Waals surface area contributed by atoms with E-state index in [1.165, 1.54) is 0 Å². The molecule has 0 radical (unpaired) electrons. The quantitative estimate of drug-likeness (QED) is 0.832. The van der Waals surface area contributed by atoms with E-state index < -0.39 is 0 Å². The fourth-order valence-corrected chi connectivity index (χ4v) is 2.84. The molecule has 0 unspecified atom stereocenters. The van der Waals surface area contributed by atoms with E-state index in [-0.39, 0.29) is 5.91 Å². The zero-order valence-electron chi connectivity index (χ0n) is 12.0. The van der Waals surface area contributed by atoms with Crippen LogP contribution in [-0.2, 0) is 0 Å². The van der Waals surface area contributed by atoms with Crippen molar-refractivity contribution in [3.63, 3.8) is 0 Å². The van der Waals surface area contributed by atoms with E-state index in [4.69, 9.17) is 9.47 Å². The zero-order valence-corrected chi connectivity index (χ0v) is 13.6. The number of nitrogens with zero attached hydrogens (tertiary/aromatic N) is 1. The summed E-state index contributed by atoms with van der Waals surface area (Å²) in [5.41, 5.74) is 1.49. The molecular weight excluding hydrogens is 310 g/mol. The van der Waals surface area contributed by atoms with Crippen molar-refractivity contribution in [3.05, 3.63) is 21.7 Å². The van der Waals surface area contributed by atoms with Crippen LogP contribution in [0.4, 0.5) is 0 Å². The second-order valence-electron chi connectivity index (χ2n) is 4.10. The molecule has 5 heteroatoms. The largest absolute Gasteiger partial charge is 0.493 e. The predicted molar refractivity (Wildman–Crippen MR) is 79.2 cm³/mol. The molecule has 1 aromatic carbocycles. The Kier molecular flexibility index (Phi) is 5.66. The van der Waals surface area contributed by atoms with Crippen molar-refractivity contribution in [1.29, 1.82) is 0 Å². The Hall–Kier alpha value is -1.23. The van der Waals surface area contributed by atoms with Crippen LogP contribution in [0.3, 0.4) is 0 Å². The van der Waals surface area contributed by atoms with E-state index in [9.17, 15) is 4.79 Å². The maximum Gasteiger partial charge on any atom is 0.255 e. The lowest BCUT2D eigenvalue weighted by Crippen LogP contribution is -2.31. The number of aryl methyl sites for hydroxylation is 1. The molecule has 1 aromatic rings. The molecule has 0 aromatic heterocycles. The van der Waals surface area contributed by atoms with Crippen molar-refractivity contribution in [2.45, 2.75) is 20.8 Å². The Morgan fingerprint density at radius 1 is 1.26 bits per heavy atom. The molecule has 0 saturated carbocycles. The Bertz CT molecular complexity index is 470. The minimum absolute atomic E-state index is 0.00433. The molecule has 0 heterocycles. The molecular formula is C14H20BrNO3. The van der Waals surface area contributed by atoms with E-state index >= 15 is 0 Å². The molecule has 0 spiro atoms. The van der Waals surface area contributed by atoms with Crippen molar-refractivity contribution in [2.75, 3.05) is 27.3 Å². The number of hydrogen-bond acceptors (Lipinski definition) is 3. The van der Waals surface area contributed by atoms with Crippen LogP contribution in [-0.4, -0.2) is 38.1 Å². The van der Waals surface area contributed by atoms with Crippen LogP contribution in [0, 0.1) is 6.92 Å². The summed E-state index contributed by atoms with van der Waals surface area (Å²) in [5, 5.41) is 0. The molecule has 4 nitrogen and oxygen atoms in total. The van der Waals surface area contributed by atoms with Gasteiger partial charge >= 0.3 is 0 Å². The van der Waals surface area contributed by atoms with Gasteiger partial charge < -0.3 is 14.4 Å². The first-order chi connectivity index (χ1) is 9.01. The second-order valence-corrected chi connectivity index (χ2v) is 4.89. The van der Waals surface area contributed by atoms with Crippen molar-refractivity contribution in [1.82, 2.24) is 4.90 Å². The Morgan fingerprint density at radius 3 is 2.26 bits per heavy atom. The molecule has 19 heavy (non-hydrogen) atoms. The lowest BCUT2D eigenvalue weighted by Gasteiger charge is -2.22. The van der Waals surface area contributed by atoms with E-state index in [0.29, 0.717) is 34.6 Å². The molecule has 0 bridgehead atoms. The van der Waals surface area contributed by atoms with Crippen LogP contribution >= 0.6 is 15.9 Å². The molecule has 1 rings (SSSR count). The van der Waals surface area contributed by atoms with Crippen molar-refractivity contribution >= 4 is 21.8 Å². The Morgan fingerprint density at radius 2 is 1.84 bits per heavy atom. The molecule has 0 atom stereocenters. The third kappa shape index (κ3) is 3.03. The van der Waals surface area contributed by atoms with Gasteiger partial charge in [0, 0.05) is 13.1 Å². The van der Waals surface area contributed by atoms with Crippen molar-refractivity contribution < 1.29 is 14.3 Å². The normalized spacial score (nSPS) is 10.2. The maximum absolute atomic E-state index is 12.5. The predicted octanol–water partition coefficient (Wildman–Crippen LogP) is 3.26. The van der Waals surface area contributed by atoms with Crippen molar-refractivity contribution in [2.24, 2.45) is 0 Å². The number of benzene rings is 1. The second kappa shape index (κ2) is 6.80. The minimum atomic E-state index is -0.00433. The van der Waals surface area contributed by atoms with Gasteiger partial charge in [0.25, 0.3) is 5.91 Å². The van der Waals surface area contributed by atoms with Crippen molar-refractivity contribution in [3.8, 4) is 11.5 Å². The van der Waals surface area contributed by atoms with Crippen LogP contribution in [0.2, 0.25) is 0 Å². The molecule has 0 aliphatic heterocycles. The van der Waals surface area contributed by atoms with Gasteiger partial charge in [-0.1, -0.05) is 0 Å².